The van der Waals surface area contributed by atoms with Crippen LogP contribution in [0.15, 0.2) is 30.3 Å². The van der Waals surface area contributed by atoms with Crippen LogP contribution >= 0.6 is 0 Å². The molecule has 0 spiro atoms. The number of anilines is 1. The minimum absolute atomic E-state index is 0.192. The molecule has 0 radical (unpaired) electrons. The van der Waals surface area contributed by atoms with E-state index in [1.165, 1.54) is 6.42 Å². The first-order chi connectivity index (χ1) is 10.2. The van der Waals surface area contributed by atoms with Gasteiger partial charge >= 0.3 is 0 Å². The van der Waals surface area contributed by atoms with Gasteiger partial charge in [-0.05, 0) is 43.7 Å². The van der Waals surface area contributed by atoms with Crippen molar-refractivity contribution >= 4 is 11.6 Å². The Kier molecular flexibility index (Phi) is 4.27. The number of hydrogen-bond acceptors (Lipinski definition) is 3. The normalized spacial score (nSPS) is 28.6. The summed E-state index contributed by atoms with van der Waals surface area (Å²) in [7, 11) is 0. The number of fused-ring (bicyclic) bond motifs is 1. The molecule has 1 aromatic carbocycles. The lowest BCUT2D eigenvalue weighted by molar-refractivity contribution is -0.119. The van der Waals surface area contributed by atoms with Crippen LogP contribution in [0.25, 0.3) is 0 Å². The third kappa shape index (κ3) is 2.97. The minimum atomic E-state index is 0.192. The summed E-state index contributed by atoms with van der Waals surface area (Å²) in [6, 6.07) is 10.3. The topological polar surface area (TPSA) is 49.6 Å². The molecule has 1 saturated carbocycles. The van der Waals surface area contributed by atoms with E-state index in [1.54, 1.807) is 0 Å². The summed E-state index contributed by atoms with van der Waals surface area (Å²) in [5.41, 5.74) is 7.16. The molecular weight excluding hydrogens is 262 g/mol. The molecule has 2 aliphatic rings. The van der Waals surface area contributed by atoms with Crippen molar-refractivity contribution in [2.45, 2.75) is 25.8 Å². The highest BCUT2D eigenvalue weighted by molar-refractivity contribution is 5.94. The SMILES string of the molecule is CCN(C(=O)CN1CC2CCC(N)C2C1)c1ccccc1. The van der Waals surface area contributed by atoms with Crippen molar-refractivity contribution in [1.82, 2.24) is 4.90 Å². The minimum Gasteiger partial charge on any atom is -0.327 e. The van der Waals surface area contributed by atoms with Crippen LogP contribution < -0.4 is 10.6 Å². The van der Waals surface area contributed by atoms with E-state index in [4.69, 9.17) is 5.73 Å². The molecule has 2 N–H and O–H groups in total. The Morgan fingerprint density at radius 2 is 2.05 bits per heavy atom. The van der Waals surface area contributed by atoms with E-state index in [0.717, 1.165) is 25.2 Å². The van der Waals surface area contributed by atoms with Gasteiger partial charge in [0.2, 0.25) is 5.91 Å². The first-order valence-electron chi connectivity index (χ1n) is 8.02. The Morgan fingerprint density at radius 1 is 1.29 bits per heavy atom. The largest absolute Gasteiger partial charge is 0.327 e. The average Bonchev–Trinajstić information content (AvgIpc) is 3.03. The van der Waals surface area contributed by atoms with Crippen LogP contribution in [-0.2, 0) is 4.79 Å². The first kappa shape index (κ1) is 14.5. The van der Waals surface area contributed by atoms with Crippen LogP contribution in [0.1, 0.15) is 19.8 Å². The maximum Gasteiger partial charge on any atom is 0.241 e. The summed E-state index contributed by atoms with van der Waals surface area (Å²) in [5.74, 6) is 1.50. The Balaban J connectivity index is 1.61. The Hall–Kier alpha value is -1.39. The van der Waals surface area contributed by atoms with E-state index in [0.29, 0.717) is 31.0 Å². The van der Waals surface area contributed by atoms with Gasteiger partial charge in [0.1, 0.15) is 0 Å². The lowest BCUT2D eigenvalue weighted by atomic mass is 9.98. The summed E-state index contributed by atoms with van der Waals surface area (Å²) < 4.78 is 0. The number of rotatable bonds is 4. The van der Waals surface area contributed by atoms with E-state index < -0.39 is 0 Å². The van der Waals surface area contributed by atoms with Gasteiger partial charge in [0.25, 0.3) is 0 Å². The fourth-order valence-electron chi connectivity index (χ4n) is 3.92. The van der Waals surface area contributed by atoms with Gasteiger partial charge in [-0.2, -0.15) is 0 Å². The zero-order valence-corrected chi connectivity index (χ0v) is 12.7. The van der Waals surface area contributed by atoms with Crippen molar-refractivity contribution in [3.05, 3.63) is 30.3 Å². The molecule has 0 aromatic heterocycles. The Morgan fingerprint density at radius 3 is 2.71 bits per heavy atom. The van der Waals surface area contributed by atoms with Crippen molar-refractivity contribution in [2.24, 2.45) is 17.6 Å². The van der Waals surface area contributed by atoms with Gasteiger partial charge in [0.05, 0.1) is 6.54 Å². The molecule has 1 heterocycles. The fourth-order valence-corrected chi connectivity index (χ4v) is 3.92. The lowest BCUT2D eigenvalue weighted by Crippen LogP contribution is -2.40. The smallest absolute Gasteiger partial charge is 0.241 e. The number of likely N-dealkylation sites (tertiary alicyclic amines) is 1. The molecule has 3 rings (SSSR count). The average molecular weight is 287 g/mol. The predicted molar refractivity (Wildman–Crippen MR) is 85.1 cm³/mol. The number of hydrogen-bond donors (Lipinski definition) is 1. The third-order valence-corrected chi connectivity index (χ3v) is 5.03. The van der Waals surface area contributed by atoms with Crippen molar-refractivity contribution in [2.75, 3.05) is 31.1 Å². The summed E-state index contributed by atoms with van der Waals surface area (Å²) in [5, 5.41) is 0. The van der Waals surface area contributed by atoms with Crippen LogP contribution in [0.3, 0.4) is 0 Å². The van der Waals surface area contributed by atoms with Crippen LogP contribution in [0, 0.1) is 11.8 Å². The number of para-hydroxylation sites is 1. The third-order valence-electron chi connectivity index (χ3n) is 5.03. The van der Waals surface area contributed by atoms with Gasteiger partial charge in [-0.3, -0.25) is 9.69 Å². The zero-order chi connectivity index (χ0) is 14.8. The van der Waals surface area contributed by atoms with E-state index >= 15 is 0 Å². The second-order valence-corrected chi connectivity index (χ2v) is 6.33. The van der Waals surface area contributed by atoms with E-state index in [-0.39, 0.29) is 5.91 Å². The molecule has 1 amide bonds. The Labute approximate surface area is 126 Å². The van der Waals surface area contributed by atoms with Crippen LogP contribution in [0.5, 0.6) is 0 Å². The van der Waals surface area contributed by atoms with Gasteiger partial charge in [0, 0.05) is 31.4 Å². The number of amides is 1. The second kappa shape index (κ2) is 6.16. The highest BCUT2D eigenvalue weighted by Gasteiger charge is 2.41. The molecule has 4 nitrogen and oxygen atoms in total. The molecule has 1 aromatic rings. The van der Waals surface area contributed by atoms with Crippen LogP contribution in [0.2, 0.25) is 0 Å². The number of carbonyl (C=O) groups excluding carboxylic acids is 1. The first-order valence-corrected chi connectivity index (χ1v) is 8.02. The number of likely N-dealkylation sites (N-methyl/N-ethyl adjacent to an activating group) is 1. The molecule has 1 saturated heterocycles. The molecule has 21 heavy (non-hydrogen) atoms. The van der Waals surface area contributed by atoms with E-state index in [9.17, 15) is 4.79 Å². The van der Waals surface area contributed by atoms with Crippen LogP contribution in [-0.4, -0.2) is 43.0 Å². The molecule has 3 unspecified atom stereocenters. The monoisotopic (exact) mass is 287 g/mol. The summed E-state index contributed by atoms with van der Waals surface area (Å²) in [6.07, 6.45) is 2.38. The molecule has 1 aliphatic carbocycles. The summed E-state index contributed by atoms with van der Waals surface area (Å²) >= 11 is 0. The second-order valence-electron chi connectivity index (χ2n) is 6.33. The van der Waals surface area contributed by atoms with Gasteiger partial charge in [-0.25, -0.2) is 0 Å². The quantitative estimate of drug-likeness (QED) is 0.917. The highest BCUT2D eigenvalue weighted by atomic mass is 16.2. The number of carbonyl (C=O) groups is 1. The lowest BCUT2D eigenvalue weighted by Gasteiger charge is -2.25. The van der Waals surface area contributed by atoms with Gasteiger partial charge in [-0.15, -0.1) is 0 Å². The molecule has 1 aliphatic heterocycles. The standard InChI is InChI=1S/C17H25N3O/c1-2-20(14-6-4-3-5-7-14)17(21)12-19-10-13-8-9-16(18)15(13)11-19/h3-7,13,15-16H,2,8-12,18H2,1H3. The van der Waals surface area contributed by atoms with E-state index in [1.807, 2.05) is 42.2 Å². The highest BCUT2D eigenvalue weighted by Crippen LogP contribution is 2.37. The predicted octanol–water partition coefficient (Wildman–Crippen LogP) is 1.71. The van der Waals surface area contributed by atoms with Crippen LogP contribution in [0.4, 0.5) is 5.69 Å². The molecule has 3 atom stereocenters. The van der Waals surface area contributed by atoms with Crippen molar-refractivity contribution in [1.29, 1.82) is 0 Å². The molecule has 114 valence electrons. The Bertz CT molecular complexity index is 490. The van der Waals surface area contributed by atoms with Crippen molar-refractivity contribution in [3.8, 4) is 0 Å². The maximum atomic E-state index is 12.6. The van der Waals surface area contributed by atoms with Gasteiger partial charge < -0.3 is 10.6 Å². The number of nitrogens with zero attached hydrogens (tertiary/aromatic N) is 2. The molecule has 2 fully saturated rings. The number of benzene rings is 1. The zero-order valence-electron chi connectivity index (χ0n) is 12.7. The molecular formula is C17H25N3O. The van der Waals surface area contributed by atoms with Crippen molar-refractivity contribution in [3.63, 3.8) is 0 Å². The fraction of sp³-hybridized carbons (Fsp3) is 0.588. The molecule has 0 bridgehead atoms. The summed E-state index contributed by atoms with van der Waals surface area (Å²) in [6.45, 7) is 5.28. The maximum absolute atomic E-state index is 12.6. The van der Waals surface area contributed by atoms with Gasteiger partial charge in [0.15, 0.2) is 0 Å². The van der Waals surface area contributed by atoms with Gasteiger partial charge in [-0.1, -0.05) is 18.2 Å². The number of nitrogens with two attached hydrogens (primary N) is 1. The summed E-state index contributed by atoms with van der Waals surface area (Å²) in [4.78, 5) is 16.7. The van der Waals surface area contributed by atoms with Crippen molar-refractivity contribution < 1.29 is 4.79 Å². The van der Waals surface area contributed by atoms with E-state index in [2.05, 4.69) is 4.90 Å². The molecule has 4 heteroatoms.